The van der Waals surface area contributed by atoms with Crippen molar-refractivity contribution in [3.8, 4) is 5.75 Å². The average molecular weight is 490 g/mol. The number of aryl methyl sites for hydroxylation is 1. The third-order valence-corrected chi connectivity index (χ3v) is 8.69. The molecule has 3 rings (SSSR count). The van der Waals surface area contributed by atoms with Crippen molar-refractivity contribution in [2.45, 2.75) is 32.6 Å². The first-order valence-corrected chi connectivity index (χ1v) is 13.5. The first-order chi connectivity index (χ1) is 15.7. The summed E-state index contributed by atoms with van der Waals surface area (Å²) in [6.07, 6.45) is 0. The molecule has 178 valence electrons. The molecule has 0 aliphatic carbocycles. The molecule has 0 N–H and O–H groups in total. The van der Waals surface area contributed by atoms with E-state index < -0.39 is 9.84 Å². The van der Waals surface area contributed by atoms with Crippen molar-refractivity contribution in [1.82, 2.24) is 9.88 Å². The summed E-state index contributed by atoms with van der Waals surface area (Å²) in [5.41, 5.74) is 2.11. The van der Waals surface area contributed by atoms with E-state index >= 15 is 0 Å². The van der Waals surface area contributed by atoms with Gasteiger partial charge in [-0.05, 0) is 49.8 Å². The highest BCUT2D eigenvalue weighted by atomic mass is 32.2. The number of anilines is 1. The fourth-order valence-electron chi connectivity index (χ4n) is 3.59. The van der Waals surface area contributed by atoms with Gasteiger partial charge < -0.3 is 9.64 Å². The van der Waals surface area contributed by atoms with E-state index in [9.17, 15) is 13.2 Å². The SMILES string of the molecule is CCN(CC)CCN(C(=O)c1cccc(S(=O)(=O)CC)c1)c1nc2c(OC)ccc(C)c2s1. The third kappa shape index (κ3) is 5.37. The Morgan fingerprint density at radius 2 is 1.82 bits per heavy atom. The molecule has 0 spiro atoms. The maximum Gasteiger partial charge on any atom is 0.260 e. The van der Waals surface area contributed by atoms with E-state index in [-0.39, 0.29) is 16.6 Å². The van der Waals surface area contributed by atoms with Crippen LogP contribution < -0.4 is 9.64 Å². The van der Waals surface area contributed by atoms with Gasteiger partial charge in [0.05, 0.1) is 22.5 Å². The van der Waals surface area contributed by atoms with E-state index in [0.29, 0.717) is 29.5 Å². The van der Waals surface area contributed by atoms with Crippen LogP contribution in [0.25, 0.3) is 10.2 Å². The number of thiazole rings is 1. The first kappa shape index (κ1) is 25.1. The second-order valence-corrected chi connectivity index (χ2v) is 10.9. The lowest BCUT2D eigenvalue weighted by Gasteiger charge is -2.25. The number of ether oxygens (including phenoxy) is 1. The van der Waals surface area contributed by atoms with Gasteiger partial charge in [0.2, 0.25) is 0 Å². The van der Waals surface area contributed by atoms with Gasteiger partial charge in [0.1, 0.15) is 11.3 Å². The fourth-order valence-corrected chi connectivity index (χ4v) is 5.59. The zero-order chi connectivity index (χ0) is 24.2. The van der Waals surface area contributed by atoms with E-state index in [1.807, 2.05) is 19.1 Å². The van der Waals surface area contributed by atoms with Crippen LogP contribution in [0.2, 0.25) is 0 Å². The molecule has 0 saturated carbocycles. The standard InChI is InChI=1S/C24H31N3O4S2/c1-6-26(7-2)14-15-27(23(28)18-10-9-11-19(16-18)33(29,30)8-3)24-25-21-20(31-5)13-12-17(4)22(21)32-24/h9-13,16H,6-8,14-15H2,1-5H3. The summed E-state index contributed by atoms with van der Waals surface area (Å²) in [7, 11) is -1.82. The average Bonchev–Trinajstić information content (AvgIpc) is 3.28. The van der Waals surface area contributed by atoms with Crippen LogP contribution >= 0.6 is 11.3 Å². The van der Waals surface area contributed by atoms with Gasteiger partial charge >= 0.3 is 0 Å². The van der Waals surface area contributed by atoms with Crippen LogP contribution in [0.3, 0.4) is 0 Å². The third-order valence-electron chi connectivity index (χ3n) is 5.74. The Balaban J connectivity index is 2.07. The number of likely N-dealkylation sites (N-methyl/N-ethyl adjacent to an activating group) is 1. The van der Waals surface area contributed by atoms with Crippen molar-refractivity contribution in [2.75, 3.05) is 43.9 Å². The molecule has 0 bridgehead atoms. The summed E-state index contributed by atoms with van der Waals surface area (Å²) in [5, 5.41) is 0.568. The minimum atomic E-state index is -3.42. The molecule has 3 aromatic rings. The molecule has 1 amide bonds. The molecule has 9 heteroatoms. The predicted molar refractivity (Wildman–Crippen MR) is 135 cm³/mol. The van der Waals surface area contributed by atoms with E-state index in [0.717, 1.165) is 28.9 Å². The summed E-state index contributed by atoms with van der Waals surface area (Å²) >= 11 is 1.44. The number of sulfone groups is 1. The number of nitrogens with zero attached hydrogens (tertiary/aromatic N) is 3. The Morgan fingerprint density at radius 1 is 1.09 bits per heavy atom. The quantitative estimate of drug-likeness (QED) is 0.420. The number of carbonyl (C=O) groups excluding carboxylic acids is 1. The molecule has 1 heterocycles. The van der Waals surface area contributed by atoms with Crippen molar-refractivity contribution in [1.29, 1.82) is 0 Å². The number of hydrogen-bond donors (Lipinski definition) is 0. The number of hydrogen-bond acceptors (Lipinski definition) is 7. The second-order valence-electron chi connectivity index (χ2n) is 7.67. The molecule has 0 saturated heterocycles. The Kier molecular flexibility index (Phi) is 8.10. The lowest BCUT2D eigenvalue weighted by atomic mass is 10.2. The molecule has 0 unspecified atom stereocenters. The lowest BCUT2D eigenvalue weighted by molar-refractivity contribution is 0.0983. The topological polar surface area (TPSA) is 79.8 Å². The molecule has 0 aliphatic rings. The van der Waals surface area contributed by atoms with Gasteiger partial charge in [-0.3, -0.25) is 9.69 Å². The first-order valence-electron chi connectivity index (χ1n) is 11.1. The zero-order valence-corrected chi connectivity index (χ0v) is 21.4. The van der Waals surface area contributed by atoms with Gasteiger partial charge in [-0.25, -0.2) is 13.4 Å². The molecule has 1 aromatic heterocycles. The molecule has 0 aliphatic heterocycles. The Hall–Kier alpha value is -2.49. The van der Waals surface area contributed by atoms with Crippen molar-refractivity contribution in [2.24, 2.45) is 0 Å². The number of rotatable bonds is 10. The van der Waals surface area contributed by atoms with Crippen LogP contribution in [0, 0.1) is 6.92 Å². The number of amides is 1. The number of fused-ring (bicyclic) bond motifs is 1. The summed E-state index contributed by atoms with van der Waals surface area (Å²) in [5.74, 6) is 0.365. The van der Waals surface area contributed by atoms with Crippen molar-refractivity contribution in [3.05, 3.63) is 47.5 Å². The van der Waals surface area contributed by atoms with Crippen LogP contribution in [0.15, 0.2) is 41.3 Å². The van der Waals surface area contributed by atoms with Gasteiger partial charge in [-0.1, -0.05) is 44.2 Å². The summed E-state index contributed by atoms with van der Waals surface area (Å²) in [6.45, 7) is 10.6. The predicted octanol–water partition coefficient (Wildman–Crippen LogP) is 4.40. The van der Waals surface area contributed by atoms with Gasteiger partial charge in [-0.2, -0.15) is 0 Å². The molecule has 2 aromatic carbocycles. The molecule has 0 fully saturated rings. The zero-order valence-electron chi connectivity index (χ0n) is 19.8. The van der Waals surface area contributed by atoms with Gasteiger partial charge in [0.25, 0.3) is 5.91 Å². The van der Waals surface area contributed by atoms with E-state index in [4.69, 9.17) is 9.72 Å². The highest BCUT2D eigenvalue weighted by Gasteiger charge is 2.24. The normalized spacial score (nSPS) is 11.8. The lowest BCUT2D eigenvalue weighted by Crippen LogP contribution is -2.39. The van der Waals surface area contributed by atoms with Crippen LogP contribution in [0.1, 0.15) is 36.7 Å². The highest BCUT2D eigenvalue weighted by molar-refractivity contribution is 7.91. The maximum atomic E-state index is 13.7. The monoisotopic (exact) mass is 489 g/mol. The molecular weight excluding hydrogens is 458 g/mol. The van der Waals surface area contributed by atoms with E-state index in [1.165, 1.54) is 23.5 Å². The number of benzene rings is 2. The molecule has 7 nitrogen and oxygen atoms in total. The largest absolute Gasteiger partial charge is 0.494 e. The number of aromatic nitrogens is 1. The van der Waals surface area contributed by atoms with Crippen molar-refractivity contribution in [3.63, 3.8) is 0 Å². The van der Waals surface area contributed by atoms with Crippen LogP contribution in [0.5, 0.6) is 5.75 Å². The summed E-state index contributed by atoms with van der Waals surface area (Å²) in [6, 6.07) is 10.1. The molecule has 0 atom stereocenters. The van der Waals surface area contributed by atoms with Crippen LogP contribution in [-0.4, -0.2) is 63.3 Å². The minimum Gasteiger partial charge on any atom is -0.494 e. The summed E-state index contributed by atoms with van der Waals surface area (Å²) in [4.78, 5) is 22.5. The number of methoxy groups -OCH3 is 1. The van der Waals surface area contributed by atoms with Crippen LogP contribution in [0.4, 0.5) is 5.13 Å². The molecule has 0 radical (unpaired) electrons. The Bertz CT molecular complexity index is 1230. The second kappa shape index (κ2) is 10.6. The summed E-state index contributed by atoms with van der Waals surface area (Å²) < 4.78 is 31.2. The van der Waals surface area contributed by atoms with Crippen molar-refractivity contribution >= 4 is 42.4 Å². The van der Waals surface area contributed by atoms with E-state index in [1.54, 1.807) is 31.1 Å². The maximum absolute atomic E-state index is 13.7. The molecule has 33 heavy (non-hydrogen) atoms. The Labute approximate surface area is 199 Å². The van der Waals surface area contributed by atoms with Gasteiger partial charge in [0, 0.05) is 18.7 Å². The fraction of sp³-hybridized carbons (Fsp3) is 0.417. The smallest absolute Gasteiger partial charge is 0.260 e. The van der Waals surface area contributed by atoms with Gasteiger partial charge in [-0.15, -0.1) is 0 Å². The number of carbonyl (C=O) groups is 1. The van der Waals surface area contributed by atoms with E-state index in [2.05, 4.69) is 18.7 Å². The van der Waals surface area contributed by atoms with Crippen LogP contribution in [-0.2, 0) is 9.84 Å². The van der Waals surface area contributed by atoms with Crippen molar-refractivity contribution < 1.29 is 17.9 Å². The highest BCUT2D eigenvalue weighted by Crippen LogP contribution is 2.37. The molecular formula is C24H31N3O4S2. The van der Waals surface area contributed by atoms with Gasteiger partial charge in [0.15, 0.2) is 15.0 Å². The Morgan fingerprint density at radius 3 is 2.45 bits per heavy atom. The minimum absolute atomic E-state index is 0.0206.